The summed E-state index contributed by atoms with van der Waals surface area (Å²) in [7, 11) is 0. The van der Waals surface area contributed by atoms with E-state index < -0.39 is 24.1 Å². The zero-order valence-corrected chi connectivity index (χ0v) is 6.27. The van der Waals surface area contributed by atoms with Gasteiger partial charge in [0.15, 0.2) is 0 Å². The van der Waals surface area contributed by atoms with Crippen LogP contribution in [-0.4, -0.2) is 18.2 Å². The number of halogens is 3. The Balaban J connectivity index is 4.13. The van der Waals surface area contributed by atoms with Gasteiger partial charge in [0.05, 0.1) is 0 Å². The molecule has 0 fully saturated rings. The Bertz CT molecular complexity index is 171. The Kier molecular flexibility index (Phi) is 3.95. The quantitative estimate of drug-likeness (QED) is 0.621. The molecule has 0 aromatic heterocycles. The van der Waals surface area contributed by atoms with Gasteiger partial charge in [0.1, 0.15) is 17.8 Å². The minimum absolute atomic E-state index is 0.999. The molecule has 0 saturated carbocycles. The predicted octanol–water partition coefficient (Wildman–Crippen LogP) is 1.15. The summed E-state index contributed by atoms with van der Waals surface area (Å²) in [6.45, 7) is 0.999. The molecule has 6 heteroatoms. The molecule has 64 valence electrons. The highest BCUT2D eigenvalue weighted by atomic mass is 35.5. The first kappa shape index (κ1) is 10.3. The van der Waals surface area contributed by atoms with Crippen molar-refractivity contribution in [3.63, 3.8) is 0 Å². The van der Waals surface area contributed by atoms with Gasteiger partial charge in [0.2, 0.25) is 5.78 Å². The van der Waals surface area contributed by atoms with Gasteiger partial charge in [-0.15, -0.1) is 0 Å². The van der Waals surface area contributed by atoms with Gasteiger partial charge in [-0.25, -0.2) is 13.6 Å². The van der Waals surface area contributed by atoms with Crippen molar-refractivity contribution < 1.29 is 22.7 Å². The van der Waals surface area contributed by atoms with Crippen molar-refractivity contribution in [3.8, 4) is 0 Å². The van der Waals surface area contributed by atoms with E-state index in [0.29, 0.717) is 0 Å². The van der Waals surface area contributed by atoms with E-state index in [1.54, 1.807) is 0 Å². The number of hydrogen-bond donors (Lipinski definition) is 0. The number of alkyl halides is 2. The molecule has 3 nitrogen and oxygen atoms in total. The third kappa shape index (κ3) is 2.80. The summed E-state index contributed by atoms with van der Waals surface area (Å²) in [5.74, 6) is -4.17. The molecule has 0 saturated heterocycles. The summed E-state index contributed by atoms with van der Waals surface area (Å²) in [6, 6.07) is 0. The van der Waals surface area contributed by atoms with Gasteiger partial charge in [0, 0.05) is 0 Å². The van der Waals surface area contributed by atoms with Crippen molar-refractivity contribution in [2.45, 2.75) is 13.3 Å². The van der Waals surface area contributed by atoms with E-state index in [1.165, 1.54) is 0 Å². The number of carbonyl (C=O) groups is 2. The fourth-order valence-corrected chi connectivity index (χ4v) is 0.506. The number of rotatable bonds is 3. The summed E-state index contributed by atoms with van der Waals surface area (Å²) >= 11 is 4.55. The molecule has 0 aliphatic heterocycles. The number of ketones is 1. The van der Waals surface area contributed by atoms with Crippen LogP contribution in [0, 0.1) is 5.92 Å². The lowest BCUT2D eigenvalue weighted by Crippen LogP contribution is -2.26. The van der Waals surface area contributed by atoms with E-state index in [1.807, 2.05) is 0 Å². The van der Waals surface area contributed by atoms with Crippen LogP contribution in [-0.2, 0) is 13.9 Å². The molecule has 0 aromatic rings. The molecule has 0 amide bonds. The average Bonchev–Trinajstić information content (AvgIpc) is 2.00. The predicted molar refractivity (Wildman–Crippen MR) is 32.1 cm³/mol. The molecule has 1 atom stereocenters. The molecule has 0 aliphatic rings. The van der Waals surface area contributed by atoms with Gasteiger partial charge in [0.25, 0.3) is 6.43 Å². The molecule has 0 spiro atoms. The Morgan fingerprint density at radius 1 is 1.45 bits per heavy atom. The molecule has 0 aromatic carbocycles. The molecule has 0 rings (SSSR count). The lowest BCUT2D eigenvalue weighted by molar-refractivity contribution is -0.147. The van der Waals surface area contributed by atoms with Gasteiger partial charge >= 0.3 is 5.97 Å². The van der Waals surface area contributed by atoms with Crippen molar-refractivity contribution in [1.29, 1.82) is 0 Å². The van der Waals surface area contributed by atoms with Gasteiger partial charge in [-0.3, -0.25) is 4.79 Å². The van der Waals surface area contributed by atoms with Crippen LogP contribution in [0.25, 0.3) is 0 Å². The summed E-state index contributed by atoms with van der Waals surface area (Å²) < 4.78 is 26.7. The van der Waals surface area contributed by atoms with Crippen LogP contribution in [0.1, 0.15) is 6.92 Å². The number of carbonyl (C=O) groups excluding carboxylic acids is 2. The van der Waals surface area contributed by atoms with E-state index in [9.17, 15) is 18.4 Å². The highest BCUT2D eigenvalue weighted by molar-refractivity contribution is 6.15. The highest BCUT2D eigenvalue weighted by Gasteiger charge is 2.29. The third-order valence-corrected chi connectivity index (χ3v) is 1.22. The van der Waals surface area contributed by atoms with Gasteiger partial charge in [-0.1, -0.05) is 0 Å². The highest BCUT2D eigenvalue weighted by Crippen LogP contribution is 2.08. The third-order valence-electron chi connectivity index (χ3n) is 1.07. The van der Waals surface area contributed by atoms with Crippen molar-refractivity contribution in [3.05, 3.63) is 0 Å². The minimum atomic E-state index is -3.17. The van der Waals surface area contributed by atoms with Crippen molar-refractivity contribution >= 4 is 23.6 Å². The summed E-state index contributed by atoms with van der Waals surface area (Å²) in [5.41, 5.74) is 0. The summed E-state index contributed by atoms with van der Waals surface area (Å²) in [5, 5.41) is 0. The van der Waals surface area contributed by atoms with Crippen molar-refractivity contribution in [1.82, 2.24) is 0 Å². The van der Waals surface area contributed by atoms with Crippen LogP contribution in [0.5, 0.6) is 0 Å². The number of Topliss-reactive ketones (excluding diaryl/α,β-unsaturated/α-hetero) is 1. The minimum Gasteiger partial charge on any atom is -0.347 e. The molecule has 0 aliphatic carbocycles. The van der Waals surface area contributed by atoms with Gasteiger partial charge < -0.3 is 4.29 Å². The van der Waals surface area contributed by atoms with E-state index >= 15 is 0 Å². The maximum absolute atomic E-state index is 11.6. The van der Waals surface area contributed by atoms with Crippen LogP contribution in [0.2, 0.25) is 0 Å². The second-order valence-electron chi connectivity index (χ2n) is 1.82. The normalized spacial score (nSPS) is 12.8. The second kappa shape index (κ2) is 4.23. The van der Waals surface area contributed by atoms with Crippen LogP contribution >= 0.6 is 11.9 Å². The molecule has 0 heterocycles. The maximum atomic E-state index is 11.6. The molecule has 1 unspecified atom stereocenters. The topological polar surface area (TPSA) is 43.4 Å². The van der Waals surface area contributed by atoms with Crippen LogP contribution in [0.4, 0.5) is 8.78 Å². The Hall–Kier alpha value is -0.710. The van der Waals surface area contributed by atoms with E-state index in [-0.39, 0.29) is 0 Å². The molecule has 0 radical (unpaired) electrons. The zero-order valence-electron chi connectivity index (χ0n) is 5.51. The zero-order chi connectivity index (χ0) is 9.02. The monoisotopic (exact) mass is 186 g/mol. The van der Waals surface area contributed by atoms with Crippen molar-refractivity contribution in [2.75, 3.05) is 0 Å². The number of hydrogen-bond acceptors (Lipinski definition) is 3. The summed E-state index contributed by atoms with van der Waals surface area (Å²) in [6.07, 6.45) is -3.17. The average molecular weight is 187 g/mol. The lowest BCUT2D eigenvalue weighted by atomic mass is 10.1. The van der Waals surface area contributed by atoms with Crippen molar-refractivity contribution in [2.24, 2.45) is 5.92 Å². The second-order valence-corrected chi connectivity index (χ2v) is 1.98. The van der Waals surface area contributed by atoms with E-state index in [2.05, 4.69) is 16.2 Å². The maximum Gasteiger partial charge on any atom is 0.335 e. The van der Waals surface area contributed by atoms with Crippen LogP contribution in [0.3, 0.4) is 0 Å². The molecule has 0 N–H and O–H groups in total. The first-order valence-electron chi connectivity index (χ1n) is 2.65. The first-order valence-corrected chi connectivity index (χ1v) is 2.96. The standard InChI is InChI=1S/C5H5ClF2O3/c1-2(5(10)11-6)3(9)4(7)8/h2,4H,1H3. The fourth-order valence-electron chi connectivity index (χ4n) is 0.372. The molecular formula is C5H5ClF2O3. The smallest absolute Gasteiger partial charge is 0.335 e. The molecule has 11 heavy (non-hydrogen) atoms. The molecular weight excluding hydrogens is 182 g/mol. The Morgan fingerprint density at radius 3 is 2.18 bits per heavy atom. The fraction of sp³-hybridized carbons (Fsp3) is 0.600. The lowest BCUT2D eigenvalue weighted by Gasteiger charge is -2.03. The van der Waals surface area contributed by atoms with Crippen LogP contribution in [0.15, 0.2) is 0 Å². The van der Waals surface area contributed by atoms with Gasteiger partial charge in [-0.05, 0) is 6.92 Å². The first-order chi connectivity index (χ1) is 5.00. The van der Waals surface area contributed by atoms with E-state index in [0.717, 1.165) is 6.92 Å². The van der Waals surface area contributed by atoms with Gasteiger partial charge in [-0.2, -0.15) is 0 Å². The summed E-state index contributed by atoms with van der Waals surface area (Å²) in [4.78, 5) is 20.7. The van der Waals surface area contributed by atoms with E-state index in [4.69, 9.17) is 0 Å². The van der Waals surface area contributed by atoms with Crippen LogP contribution < -0.4 is 0 Å². The SMILES string of the molecule is CC(C(=O)OCl)C(=O)C(F)F. The Labute approximate surface area is 66.4 Å². The Morgan fingerprint density at radius 2 is 1.91 bits per heavy atom. The largest absolute Gasteiger partial charge is 0.347 e. The molecule has 0 bridgehead atoms.